The number of sulfonamides is 1. The van der Waals surface area contributed by atoms with Crippen molar-refractivity contribution in [1.29, 1.82) is 0 Å². The fraction of sp³-hybridized carbons (Fsp3) is 0.353. The SMILES string of the molecule is C=CCNC(=O)[C@@H](C)OC(=O)CCNS(=O)(=O)c1ccc(C(C)=O)cc1. The van der Waals surface area contributed by atoms with Gasteiger partial charge in [0.1, 0.15) is 0 Å². The highest BCUT2D eigenvalue weighted by atomic mass is 32.2. The number of benzene rings is 1. The van der Waals surface area contributed by atoms with Crippen molar-refractivity contribution in [2.45, 2.75) is 31.3 Å². The van der Waals surface area contributed by atoms with Crippen LogP contribution in [-0.4, -0.2) is 45.3 Å². The van der Waals surface area contributed by atoms with Gasteiger partial charge < -0.3 is 10.1 Å². The molecule has 1 atom stereocenters. The number of ketones is 1. The van der Waals surface area contributed by atoms with E-state index in [0.29, 0.717) is 5.56 Å². The molecule has 0 aliphatic carbocycles. The number of nitrogens with one attached hydrogen (secondary N) is 2. The van der Waals surface area contributed by atoms with E-state index in [9.17, 15) is 22.8 Å². The number of Topliss-reactive ketones (excluding diaryl/α,β-unsaturated/α-hetero) is 1. The fourth-order valence-electron chi connectivity index (χ4n) is 1.87. The Balaban J connectivity index is 2.50. The summed E-state index contributed by atoms with van der Waals surface area (Å²) in [5, 5.41) is 2.48. The molecule has 0 heterocycles. The third-order valence-corrected chi connectivity index (χ3v) is 4.77. The van der Waals surface area contributed by atoms with Gasteiger partial charge in [0, 0.05) is 18.7 Å². The lowest BCUT2D eigenvalue weighted by Crippen LogP contribution is -2.36. The predicted molar refractivity (Wildman–Crippen MR) is 95.0 cm³/mol. The minimum absolute atomic E-state index is 0.0203. The molecule has 0 fully saturated rings. The molecule has 0 bridgehead atoms. The number of hydrogen-bond donors (Lipinski definition) is 2. The van der Waals surface area contributed by atoms with E-state index < -0.39 is 28.0 Å². The van der Waals surface area contributed by atoms with Gasteiger partial charge in [0.2, 0.25) is 10.0 Å². The molecule has 0 saturated carbocycles. The van der Waals surface area contributed by atoms with Crippen molar-refractivity contribution >= 4 is 27.7 Å². The molecule has 26 heavy (non-hydrogen) atoms. The summed E-state index contributed by atoms with van der Waals surface area (Å²) in [5.41, 5.74) is 0.399. The Kier molecular flexibility index (Phi) is 8.14. The van der Waals surface area contributed by atoms with Crippen LogP contribution in [0.25, 0.3) is 0 Å². The van der Waals surface area contributed by atoms with E-state index in [1.807, 2.05) is 0 Å². The van der Waals surface area contributed by atoms with Crippen LogP contribution in [0.15, 0.2) is 41.8 Å². The molecular formula is C17H22N2O6S. The zero-order chi connectivity index (χ0) is 19.7. The normalized spacial score (nSPS) is 12.1. The van der Waals surface area contributed by atoms with Gasteiger partial charge in [-0.3, -0.25) is 14.4 Å². The van der Waals surface area contributed by atoms with Crippen molar-refractivity contribution in [2.75, 3.05) is 13.1 Å². The third kappa shape index (κ3) is 6.77. The number of amides is 1. The monoisotopic (exact) mass is 382 g/mol. The van der Waals surface area contributed by atoms with Gasteiger partial charge in [-0.15, -0.1) is 6.58 Å². The second-order valence-corrected chi connectivity index (χ2v) is 7.16. The van der Waals surface area contributed by atoms with Gasteiger partial charge in [-0.05, 0) is 26.0 Å². The Morgan fingerprint density at radius 2 is 1.85 bits per heavy atom. The van der Waals surface area contributed by atoms with Crippen molar-refractivity contribution < 1.29 is 27.5 Å². The maximum absolute atomic E-state index is 12.1. The molecule has 1 amide bonds. The van der Waals surface area contributed by atoms with Crippen LogP contribution in [0.5, 0.6) is 0 Å². The van der Waals surface area contributed by atoms with Gasteiger partial charge in [0.25, 0.3) is 5.91 Å². The molecule has 1 aromatic carbocycles. The molecule has 142 valence electrons. The third-order valence-electron chi connectivity index (χ3n) is 3.29. The number of rotatable bonds is 10. The number of carbonyl (C=O) groups excluding carboxylic acids is 3. The average molecular weight is 382 g/mol. The Morgan fingerprint density at radius 3 is 2.38 bits per heavy atom. The molecule has 0 saturated heterocycles. The van der Waals surface area contributed by atoms with E-state index in [4.69, 9.17) is 4.74 Å². The van der Waals surface area contributed by atoms with E-state index in [-0.39, 0.29) is 30.2 Å². The largest absolute Gasteiger partial charge is 0.453 e. The van der Waals surface area contributed by atoms with E-state index in [0.717, 1.165) is 0 Å². The molecule has 0 spiro atoms. The highest BCUT2D eigenvalue weighted by Gasteiger charge is 2.18. The van der Waals surface area contributed by atoms with Crippen LogP contribution >= 0.6 is 0 Å². The Bertz CT molecular complexity index is 771. The van der Waals surface area contributed by atoms with Crippen LogP contribution in [0.1, 0.15) is 30.6 Å². The smallest absolute Gasteiger partial charge is 0.307 e. The highest BCUT2D eigenvalue weighted by molar-refractivity contribution is 7.89. The van der Waals surface area contributed by atoms with Crippen molar-refractivity contribution in [1.82, 2.24) is 10.0 Å². The molecule has 0 radical (unpaired) electrons. The van der Waals surface area contributed by atoms with Crippen LogP contribution < -0.4 is 10.0 Å². The van der Waals surface area contributed by atoms with Crippen molar-refractivity contribution in [3.63, 3.8) is 0 Å². The second kappa shape index (κ2) is 9.83. The topological polar surface area (TPSA) is 119 Å². The van der Waals surface area contributed by atoms with Gasteiger partial charge in [0.05, 0.1) is 11.3 Å². The molecule has 8 nitrogen and oxygen atoms in total. The van der Waals surface area contributed by atoms with Crippen LogP contribution in [0.2, 0.25) is 0 Å². The fourth-order valence-corrected chi connectivity index (χ4v) is 2.90. The molecule has 1 aromatic rings. The summed E-state index contributed by atoms with van der Waals surface area (Å²) >= 11 is 0. The van der Waals surface area contributed by atoms with E-state index >= 15 is 0 Å². The zero-order valence-electron chi connectivity index (χ0n) is 14.7. The zero-order valence-corrected chi connectivity index (χ0v) is 15.5. The molecule has 0 aliphatic rings. The summed E-state index contributed by atoms with van der Waals surface area (Å²) in [4.78, 5) is 34.4. The lowest BCUT2D eigenvalue weighted by Gasteiger charge is -2.13. The molecule has 0 aliphatic heterocycles. The number of hydrogen-bond acceptors (Lipinski definition) is 6. The average Bonchev–Trinajstić information content (AvgIpc) is 2.59. The van der Waals surface area contributed by atoms with Crippen LogP contribution in [0.3, 0.4) is 0 Å². The van der Waals surface area contributed by atoms with E-state index in [1.165, 1.54) is 44.2 Å². The summed E-state index contributed by atoms with van der Waals surface area (Å²) < 4.78 is 31.4. The first kappa shape index (κ1) is 21.5. The number of carbonyl (C=O) groups is 3. The van der Waals surface area contributed by atoms with Crippen LogP contribution in [0.4, 0.5) is 0 Å². The van der Waals surface area contributed by atoms with Gasteiger partial charge >= 0.3 is 5.97 Å². The number of ether oxygens (including phenoxy) is 1. The summed E-state index contributed by atoms with van der Waals surface area (Å²) in [6.07, 6.45) is 0.270. The maximum atomic E-state index is 12.1. The van der Waals surface area contributed by atoms with Crippen molar-refractivity contribution in [3.05, 3.63) is 42.5 Å². The lowest BCUT2D eigenvalue weighted by atomic mass is 10.2. The van der Waals surface area contributed by atoms with Gasteiger partial charge in [-0.2, -0.15) is 0 Å². The standard InChI is InChI=1S/C17H22N2O6S/c1-4-10-18-17(22)13(3)25-16(21)9-11-19-26(23,24)15-7-5-14(6-8-15)12(2)20/h4-8,13,19H,1,9-11H2,2-3H3,(H,18,22)/t13-/m1/s1. The lowest BCUT2D eigenvalue weighted by molar-refractivity contribution is -0.154. The molecule has 1 rings (SSSR count). The Hall–Kier alpha value is -2.52. The van der Waals surface area contributed by atoms with Crippen LogP contribution in [0, 0.1) is 0 Å². The van der Waals surface area contributed by atoms with Crippen molar-refractivity contribution in [2.24, 2.45) is 0 Å². The Morgan fingerprint density at radius 1 is 1.23 bits per heavy atom. The van der Waals surface area contributed by atoms with Crippen LogP contribution in [-0.2, 0) is 24.3 Å². The number of esters is 1. The Labute approximate surface area is 152 Å². The molecule has 0 unspecified atom stereocenters. The molecule has 0 aromatic heterocycles. The van der Waals surface area contributed by atoms with E-state index in [1.54, 1.807) is 0 Å². The quantitative estimate of drug-likeness (QED) is 0.351. The maximum Gasteiger partial charge on any atom is 0.307 e. The molecule has 2 N–H and O–H groups in total. The molecular weight excluding hydrogens is 360 g/mol. The van der Waals surface area contributed by atoms with Crippen molar-refractivity contribution in [3.8, 4) is 0 Å². The van der Waals surface area contributed by atoms with Gasteiger partial charge in [-0.25, -0.2) is 13.1 Å². The molecule has 9 heteroatoms. The summed E-state index contributed by atoms with van der Waals surface area (Å²) in [6, 6.07) is 5.44. The first-order chi connectivity index (χ1) is 12.2. The summed E-state index contributed by atoms with van der Waals surface area (Å²) in [6.45, 7) is 6.31. The summed E-state index contributed by atoms with van der Waals surface area (Å²) in [7, 11) is -3.81. The summed E-state index contributed by atoms with van der Waals surface area (Å²) in [5.74, 6) is -1.35. The van der Waals surface area contributed by atoms with Gasteiger partial charge in [-0.1, -0.05) is 18.2 Å². The minimum atomic E-state index is -3.81. The van der Waals surface area contributed by atoms with E-state index in [2.05, 4.69) is 16.6 Å². The van der Waals surface area contributed by atoms with Gasteiger partial charge in [0.15, 0.2) is 11.9 Å². The first-order valence-corrected chi connectivity index (χ1v) is 9.34. The predicted octanol–water partition coefficient (Wildman–Crippen LogP) is 0.792. The minimum Gasteiger partial charge on any atom is -0.453 e. The first-order valence-electron chi connectivity index (χ1n) is 7.86. The highest BCUT2D eigenvalue weighted by Crippen LogP contribution is 2.11. The second-order valence-electron chi connectivity index (χ2n) is 5.39.